The Morgan fingerprint density at radius 1 is 1.15 bits per heavy atom. The van der Waals surface area contributed by atoms with Crippen LogP contribution in [0.15, 0.2) is 22.8 Å². The minimum atomic E-state index is 0.151. The second-order valence-electron chi connectivity index (χ2n) is 8.40. The van der Waals surface area contributed by atoms with Crippen LogP contribution < -0.4 is 0 Å². The molecule has 1 saturated heterocycles. The quantitative estimate of drug-likeness (QED) is 0.684. The molecule has 27 heavy (non-hydrogen) atoms. The fourth-order valence-electron chi connectivity index (χ4n) is 4.31. The summed E-state index contributed by atoms with van der Waals surface area (Å²) in [5.41, 5.74) is 0. The van der Waals surface area contributed by atoms with Crippen LogP contribution in [0.3, 0.4) is 0 Å². The molecule has 0 unspecified atom stereocenters. The highest BCUT2D eigenvalue weighted by atomic mass is 16.3. The molecule has 150 valence electrons. The van der Waals surface area contributed by atoms with Crippen LogP contribution in [0.2, 0.25) is 0 Å². The van der Waals surface area contributed by atoms with E-state index >= 15 is 0 Å². The molecule has 0 atom stereocenters. The fourth-order valence-corrected chi connectivity index (χ4v) is 4.31. The average molecular weight is 375 g/mol. The average Bonchev–Trinajstić information content (AvgIpc) is 3.37. The number of nitrogens with zero attached hydrogens (tertiary/aromatic N) is 2. The number of carbonyl (C=O) groups is 2. The Balaban J connectivity index is 1.50. The Bertz CT molecular complexity index is 585. The van der Waals surface area contributed by atoms with Crippen LogP contribution in [0.4, 0.5) is 0 Å². The van der Waals surface area contributed by atoms with Gasteiger partial charge in [0.2, 0.25) is 11.8 Å². The Morgan fingerprint density at radius 2 is 1.89 bits per heavy atom. The van der Waals surface area contributed by atoms with E-state index in [1.807, 2.05) is 21.9 Å². The van der Waals surface area contributed by atoms with E-state index in [0.29, 0.717) is 37.8 Å². The zero-order valence-electron chi connectivity index (χ0n) is 16.7. The van der Waals surface area contributed by atoms with Gasteiger partial charge < -0.3 is 14.2 Å². The maximum Gasteiger partial charge on any atom is 0.224 e. The predicted octanol–water partition coefficient (Wildman–Crippen LogP) is 4.23. The first-order valence-corrected chi connectivity index (χ1v) is 10.7. The van der Waals surface area contributed by atoms with Crippen LogP contribution in [0.1, 0.15) is 70.5 Å². The van der Waals surface area contributed by atoms with Crippen molar-refractivity contribution in [2.75, 3.05) is 19.6 Å². The minimum absolute atomic E-state index is 0.151. The smallest absolute Gasteiger partial charge is 0.224 e. The largest absolute Gasteiger partial charge is 0.467 e. The first kappa shape index (κ1) is 20.0. The third-order valence-electron chi connectivity index (χ3n) is 6.25. The number of piperidine rings is 1. The van der Waals surface area contributed by atoms with Crippen LogP contribution in [0.5, 0.6) is 0 Å². The summed E-state index contributed by atoms with van der Waals surface area (Å²) in [5.74, 6) is 2.52. The lowest BCUT2D eigenvalue weighted by atomic mass is 9.99. The number of carbonyl (C=O) groups excluding carboxylic acids is 2. The maximum atomic E-state index is 12.8. The Morgan fingerprint density at radius 3 is 2.56 bits per heavy atom. The number of hydrogen-bond acceptors (Lipinski definition) is 3. The van der Waals surface area contributed by atoms with E-state index in [9.17, 15) is 9.59 Å². The van der Waals surface area contributed by atoms with Crippen LogP contribution >= 0.6 is 0 Å². The van der Waals surface area contributed by atoms with Crippen LogP contribution in [-0.4, -0.2) is 41.2 Å². The molecular weight excluding hydrogens is 340 g/mol. The maximum absolute atomic E-state index is 12.8. The highest BCUT2D eigenvalue weighted by Gasteiger charge is 2.23. The van der Waals surface area contributed by atoms with Gasteiger partial charge in [-0.3, -0.25) is 9.59 Å². The normalized spacial score (nSPS) is 18.8. The van der Waals surface area contributed by atoms with Crippen molar-refractivity contribution in [3.05, 3.63) is 24.2 Å². The van der Waals surface area contributed by atoms with Gasteiger partial charge in [0.25, 0.3) is 0 Å². The van der Waals surface area contributed by atoms with E-state index in [0.717, 1.165) is 38.1 Å². The summed E-state index contributed by atoms with van der Waals surface area (Å²) in [6, 6.07) is 3.74. The van der Waals surface area contributed by atoms with Gasteiger partial charge in [0.05, 0.1) is 12.8 Å². The molecule has 2 fully saturated rings. The molecule has 1 aromatic rings. The number of furan rings is 1. The highest BCUT2D eigenvalue weighted by molar-refractivity contribution is 5.79. The molecule has 1 aliphatic heterocycles. The van der Waals surface area contributed by atoms with Gasteiger partial charge in [0.1, 0.15) is 5.76 Å². The molecular formula is C22H34N2O3. The summed E-state index contributed by atoms with van der Waals surface area (Å²) in [6.45, 7) is 4.90. The van der Waals surface area contributed by atoms with Gasteiger partial charge in [-0.25, -0.2) is 0 Å². The second kappa shape index (κ2) is 9.95. The molecule has 1 aromatic heterocycles. The third-order valence-corrected chi connectivity index (χ3v) is 6.25. The molecule has 5 heteroatoms. The molecule has 2 heterocycles. The summed E-state index contributed by atoms with van der Waals surface area (Å²) in [5, 5.41) is 0. The van der Waals surface area contributed by atoms with Crippen molar-refractivity contribution in [2.24, 2.45) is 11.8 Å². The standard InChI is InChI=1S/C22H34N2O3/c1-18-10-13-23(14-11-18)22(26)12-15-24(17-20-7-4-16-27-20)21(25)9-8-19-5-2-3-6-19/h4,7,16,18-19H,2-3,5-6,8-15,17H2,1H3. The van der Waals surface area contributed by atoms with Crippen molar-refractivity contribution in [3.8, 4) is 0 Å². The third kappa shape index (κ3) is 6.12. The Labute approximate surface area is 163 Å². The zero-order valence-corrected chi connectivity index (χ0v) is 16.7. The number of amides is 2. The number of rotatable bonds is 8. The van der Waals surface area contributed by atoms with Gasteiger partial charge in [-0.1, -0.05) is 32.6 Å². The van der Waals surface area contributed by atoms with Crippen molar-refractivity contribution in [2.45, 2.75) is 71.3 Å². The molecule has 3 rings (SSSR count). The molecule has 0 spiro atoms. The molecule has 1 aliphatic carbocycles. The summed E-state index contributed by atoms with van der Waals surface area (Å²) < 4.78 is 5.44. The van der Waals surface area contributed by atoms with Crippen molar-refractivity contribution in [3.63, 3.8) is 0 Å². The summed E-state index contributed by atoms with van der Waals surface area (Å²) in [7, 11) is 0. The summed E-state index contributed by atoms with van der Waals surface area (Å²) in [6.07, 6.45) is 10.9. The molecule has 2 amide bonds. The van der Waals surface area contributed by atoms with Crippen LogP contribution in [0.25, 0.3) is 0 Å². The van der Waals surface area contributed by atoms with E-state index in [1.54, 1.807) is 6.26 Å². The van der Waals surface area contributed by atoms with E-state index in [2.05, 4.69) is 6.92 Å². The topological polar surface area (TPSA) is 53.8 Å². The predicted molar refractivity (Wildman–Crippen MR) is 105 cm³/mol. The zero-order chi connectivity index (χ0) is 19.1. The molecule has 0 N–H and O–H groups in total. The molecule has 2 aliphatic rings. The molecule has 0 aromatic carbocycles. The monoisotopic (exact) mass is 374 g/mol. The lowest BCUT2D eigenvalue weighted by molar-refractivity contribution is -0.135. The minimum Gasteiger partial charge on any atom is -0.467 e. The SMILES string of the molecule is CC1CCN(C(=O)CCN(Cc2ccco2)C(=O)CCC2CCCC2)CC1. The van der Waals surface area contributed by atoms with E-state index in [4.69, 9.17) is 4.42 Å². The van der Waals surface area contributed by atoms with Gasteiger partial charge in [0, 0.05) is 32.5 Å². The first-order chi connectivity index (χ1) is 13.1. The lowest BCUT2D eigenvalue weighted by Crippen LogP contribution is -2.40. The van der Waals surface area contributed by atoms with Crippen molar-refractivity contribution < 1.29 is 14.0 Å². The van der Waals surface area contributed by atoms with E-state index < -0.39 is 0 Å². The van der Waals surface area contributed by atoms with Crippen molar-refractivity contribution >= 4 is 11.8 Å². The van der Waals surface area contributed by atoms with Crippen molar-refractivity contribution in [1.82, 2.24) is 9.80 Å². The molecule has 0 bridgehead atoms. The Kier molecular flexibility index (Phi) is 7.36. The molecule has 5 nitrogen and oxygen atoms in total. The van der Waals surface area contributed by atoms with Gasteiger partial charge in [-0.2, -0.15) is 0 Å². The first-order valence-electron chi connectivity index (χ1n) is 10.7. The second-order valence-corrected chi connectivity index (χ2v) is 8.40. The number of likely N-dealkylation sites (tertiary alicyclic amines) is 1. The van der Waals surface area contributed by atoms with E-state index in [1.165, 1.54) is 25.7 Å². The highest BCUT2D eigenvalue weighted by Crippen LogP contribution is 2.29. The fraction of sp³-hybridized carbons (Fsp3) is 0.727. The van der Waals surface area contributed by atoms with Crippen LogP contribution in [-0.2, 0) is 16.1 Å². The van der Waals surface area contributed by atoms with E-state index in [-0.39, 0.29) is 11.8 Å². The summed E-state index contributed by atoms with van der Waals surface area (Å²) in [4.78, 5) is 29.2. The molecule has 1 saturated carbocycles. The van der Waals surface area contributed by atoms with Crippen LogP contribution in [0, 0.1) is 11.8 Å². The van der Waals surface area contributed by atoms with Gasteiger partial charge in [-0.05, 0) is 43.2 Å². The van der Waals surface area contributed by atoms with Gasteiger partial charge in [-0.15, -0.1) is 0 Å². The van der Waals surface area contributed by atoms with Gasteiger partial charge in [0.15, 0.2) is 0 Å². The lowest BCUT2D eigenvalue weighted by Gasteiger charge is -2.31. The van der Waals surface area contributed by atoms with Crippen molar-refractivity contribution in [1.29, 1.82) is 0 Å². The number of hydrogen-bond donors (Lipinski definition) is 0. The summed E-state index contributed by atoms with van der Waals surface area (Å²) >= 11 is 0. The Hall–Kier alpha value is -1.78. The molecule has 0 radical (unpaired) electrons. The van der Waals surface area contributed by atoms with Gasteiger partial charge >= 0.3 is 0 Å².